The highest BCUT2D eigenvalue weighted by molar-refractivity contribution is 7.17. The molecule has 3 heterocycles. The van der Waals surface area contributed by atoms with Gasteiger partial charge in [-0.3, -0.25) is 14.5 Å². The zero-order chi connectivity index (χ0) is 16.4. The third kappa shape index (κ3) is 3.18. The zero-order valence-corrected chi connectivity index (χ0v) is 13.7. The third-order valence-electron chi connectivity index (χ3n) is 3.93. The number of ether oxygens (including phenoxy) is 2. The lowest BCUT2D eigenvalue weighted by atomic mass is 10.0. The number of carbonyl (C=O) groups is 2. The maximum absolute atomic E-state index is 12.2. The summed E-state index contributed by atoms with van der Waals surface area (Å²) in [6, 6.07) is 0. The highest BCUT2D eigenvalue weighted by atomic mass is 32.1. The van der Waals surface area contributed by atoms with Crippen LogP contribution in [0.15, 0.2) is 12.0 Å². The molecule has 3 rings (SSSR count). The number of nitrogens with one attached hydrogen (secondary N) is 1. The number of anilines is 1. The predicted octanol–water partition coefficient (Wildman–Crippen LogP) is 1.05. The average Bonchev–Trinajstić information content (AvgIpc) is 2.92. The van der Waals surface area contributed by atoms with Crippen molar-refractivity contribution in [1.82, 2.24) is 4.90 Å². The average molecular weight is 337 g/mol. The topological polar surface area (TPSA) is 93.9 Å². The number of nitrogens with zero attached hydrogens (tertiary/aromatic N) is 1. The summed E-state index contributed by atoms with van der Waals surface area (Å²) in [6.07, 6.45) is 2.05. The van der Waals surface area contributed by atoms with Gasteiger partial charge in [-0.1, -0.05) is 6.92 Å². The van der Waals surface area contributed by atoms with Crippen LogP contribution in [-0.4, -0.2) is 43.0 Å². The number of nitrogens with two attached hydrogens (primary N) is 1. The van der Waals surface area contributed by atoms with Gasteiger partial charge in [0.05, 0.1) is 5.56 Å². The number of fused-ring (bicyclic) bond motifs is 1. The van der Waals surface area contributed by atoms with Crippen molar-refractivity contribution in [2.24, 2.45) is 5.73 Å². The van der Waals surface area contributed by atoms with E-state index in [1.54, 1.807) is 0 Å². The molecule has 0 aromatic carbocycles. The van der Waals surface area contributed by atoms with E-state index >= 15 is 0 Å². The Labute approximate surface area is 138 Å². The Morgan fingerprint density at radius 3 is 2.91 bits per heavy atom. The molecule has 0 fully saturated rings. The summed E-state index contributed by atoms with van der Waals surface area (Å²) in [5.74, 6) is -0.844. The molecule has 0 unspecified atom stereocenters. The van der Waals surface area contributed by atoms with Crippen LogP contribution in [0.2, 0.25) is 0 Å². The number of carbonyl (C=O) groups excluding carboxylic acids is 2. The normalized spacial score (nSPS) is 17.5. The summed E-state index contributed by atoms with van der Waals surface area (Å²) >= 11 is 1.40. The first-order valence-corrected chi connectivity index (χ1v) is 8.34. The van der Waals surface area contributed by atoms with Crippen LogP contribution in [0.1, 0.15) is 27.7 Å². The number of hydrogen-bond donors (Lipinski definition) is 2. The van der Waals surface area contributed by atoms with E-state index in [1.165, 1.54) is 17.6 Å². The molecule has 1 aromatic heterocycles. The first-order chi connectivity index (χ1) is 11.1. The van der Waals surface area contributed by atoms with Crippen molar-refractivity contribution in [1.29, 1.82) is 0 Å². The van der Waals surface area contributed by atoms with Gasteiger partial charge in [-0.15, -0.1) is 11.3 Å². The molecule has 2 amide bonds. The van der Waals surface area contributed by atoms with Crippen LogP contribution in [0.5, 0.6) is 0 Å². The van der Waals surface area contributed by atoms with E-state index in [-0.39, 0.29) is 5.76 Å². The second kappa shape index (κ2) is 6.59. The quantitative estimate of drug-likeness (QED) is 0.856. The lowest BCUT2D eigenvalue weighted by Gasteiger charge is -2.25. The first kappa shape index (κ1) is 15.8. The minimum atomic E-state index is -0.516. The standard InChI is InChI=1S/C15H19N3O4S/c1-2-18-4-3-9-11(7-18)23-15(12(9)13(16)19)17-14(20)10-8-21-5-6-22-10/h8H,2-7H2,1H3,(H2,16,19)(H,17,20). The van der Waals surface area contributed by atoms with Crippen molar-refractivity contribution < 1.29 is 19.1 Å². The maximum Gasteiger partial charge on any atom is 0.294 e. The van der Waals surface area contributed by atoms with Gasteiger partial charge >= 0.3 is 0 Å². The van der Waals surface area contributed by atoms with Gasteiger partial charge in [0, 0.05) is 18.0 Å². The molecule has 23 heavy (non-hydrogen) atoms. The largest absolute Gasteiger partial charge is 0.494 e. The summed E-state index contributed by atoms with van der Waals surface area (Å²) < 4.78 is 10.3. The van der Waals surface area contributed by atoms with Gasteiger partial charge in [0.1, 0.15) is 24.5 Å². The summed E-state index contributed by atoms with van der Waals surface area (Å²) in [5, 5.41) is 3.23. The number of hydrogen-bond acceptors (Lipinski definition) is 6. The highest BCUT2D eigenvalue weighted by Gasteiger charge is 2.28. The van der Waals surface area contributed by atoms with E-state index in [9.17, 15) is 9.59 Å². The molecule has 8 heteroatoms. The Hall–Kier alpha value is -2.06. The van der Waals surface area contributed by atoms with Gasteiger partial charge in [-0.2, -0.15) is 0 Å². The van der Waals surface area contributed by atoms with Gasteiger partial charge < -0.3 is 20.5 Å². The molecule has 0 radical (unpaired) electrons. The fourth-order valence-electron chi connectivity index (χ4n) is 2.73. The molecule has 0 bridgehead atoms. The molecule has 2 aliphatic heterocycles. The zero-order valence-electron chi connectivity index (χ0n) is 12.9. The Morgan fingerprint density at radius 1 is 1.43 bits per heavy atom. The molecule has 1 aromatic rings. The highest BCUT2D eigenvalue weighted by Crippen LogP contribution is 2.37. The fourth-order valence-corrected chi connectivity index (χ4v) is 4.02. The van der Waals surface area contributed by atoms with E-state index in [0.29, 0.717) is 23.8 Å². The van der Waals surface area contributed by atoms with Crippen LogP contribution in [0.3, 0.4) is 0 Å². The lowest BCUT2D eigenvalue weighted by Crippen LogP contribution is -2.30. The monoisotopic (exact) mass is 337 g/mol. The van der Waals surface area contributed by atoms with Crippen molar-refractivity contribution in [3.63, 3.8) is 0 Å². The minimum Gasteiger partial charge on any atom is -0.494 e. The molecule has 3 N–H and O–H groups in total. The number of rotatable bonds is 4. The first-order valence-electron chi connectivity index (χ1n) is 7.52. The van der Waals surface area contributed by atoms with E-state index < -0.39 is 11.8 Å². The third-order valence-corrected chi connectivity index (χ3v) is 5.06. The molecular formula is C15H19N3O4S. The van der Waals surface area contributed by atoms with Crippen molar-refractivity contribution in [2.45, 2.75) is 19.9 Å². The van der Waals surface area contributed by atoms with Gasteiger partial charge in [-0.25, -0.2) is 0 Å². The second-order valence-electron chi connectivity index (χ2n) is 5.35. The molecule has 124 valence electrons. The summed E-state index contributed by atoms with van der Waals surface area (Å²) in [4.78, 5) is 27.5. The SMILES string of the molecule is CCN1CCc2c(sc(NC(=O)C3=COCCO3)c2C(N)=O)C1. The molecular weight excluding hydrogens is 318 g/mol. The fraction of sp³-hybridized carbons (Fsp3) is 0.467. The van der Waals surface area contributed by atoms with Crippen molar-refractivity contribution in [2.75, 3.05) is 31.6 Å². The van der Waals surface area contributed by atoms with Crippen LogP contribution in [0.25, 0.3) is 0 Å². The summed E-state index contributed by atoms with van der Waals surface area (Å²) in [6.45, 7) is 5.45. The van der Waals surface area contributed by atoms with Gasteiger partial charge in [-0.05, 0) is 18.5 Å². The van der Waals surface area contributed by atoms with Crippen LogP contribution < -0.4 is 11.1 Å². The smallest absolute Gasteiger partial charge is 0.294 e. The van der Waals surface area contributed by atoms with Gasteiger partial charge in [0.15, 0.2) is 0 Å². The maximum atomic E-state index is 12.2. The van der Waals surface area contributed by atoms with Gasteiger partial charge in [0.2, 0.25) is 5.76 Å². The molecule has 0 aliphatic carbocycles. The Kier molecular flexibility index (Phi) is 4.53. The number of primary amides is 1. The molecule has 0 saturated heterocycles. The van der Waals surface area contributed by atoms with E-state index in [1.807, 2.05) is 0 Å². The summed E-state index contributed by atoms with van der Waals surface area (Å²) in [5.41, 5.74) is 6.92. The van der Waals surface area contributed by atoms with Crippen LogP contribution in [0, 0.1) is 0 Å². The Bertz CT molecular complexity index is 668. The molecule has 0 atom stereocenters. The number of thiophene rings is 1. The van der Waals surface area contributed by atoms with Crippen LogP contribution >= 0.6 is 11.3 Å². The van der Waals surface area contributed by atoms with E-state index in [2.05, 4.69) is 17.1 Å². The van der Waals surface area contributed by atoms with E-state index in [0.717, 1.165) is 36.5 Å². The molecule has 7 nitrogen and oxygen atoms in total. The second-order valence-corrected chi connectivity index (χ2v) is 6.45. The van der Waals surface area contributed by atoms with E-state index in [4.69, 9.17) is 15.2 Å². The molecule has 0 spiro atoms. The van der Waals surface area contributed by atoms with Crippen molar-refractivity contribution >= 4 is 28.2 Å². The number of likely N-dealkylation sites (N-methyl/N-ethyl adjacent to an activating group) is 1. The minimum absolute atomic E-state index is 0.105. The van der Waals surface area contributed by atoms with Gasteiger partial charge in [0.25, 0.3) is 11.8 Å². The summed E-state index contributed by atoms with van der Waals surface area (Å²) in [7, 11) is 0. The predicted molar refractivity (Wildman–Crippen MR) is 86.1 cm³/mol. The molecule has 2 aliphatic rings. The molecule has 0 saturated carbocycles. The van der Waals surface area contributed by atoms with Crippen molar-refractivity contribution in [3.8, 4) is 0 Å². The van der Waals surface area contributed by atoms with Crippen LogP contribution in [0.4, 0.5) is 5.00 Å². The Morgan fingerprint density at radius 2 is 2.26 bits per heavy atom. The lowest BCUT2D eigenvalue weighted by molar-refractivity contribution is -0.117. The van der Waals surface area contributed by atoms with Crippen LogP contribution in [-0.2, 0) is 27.2 Å². The van der Waals surface area contributed by atoms with Crippen molar-refractivity contribution in [3.05, 3.63) is 28.0 Å². The Balaban J connectivity index is 1.87. The number of amides is 2.